The van der Waals surface area contributed by atoms with Crippen molar-refractivity contribution in [1.29, 1.82) is 0 Å². The molecule has 108 valence electrons. The van der Waals surface area contributed by atoms with E-state index in [0.717, 1.165) is 42.4 Å². The molecule has 1 N–H and O–H groups in total. The molecule has 0 unspecified atom stereocenters. The minimum absolute atomic E-state index is 0.610. The zero-order valence-electron chi connectivity index (χ0n) is 11.7. The Morgan fingerprint density at radius 2 is 2.30 bits per heavy atom. The number of hydrogen-bond donors (Lipinski definition) is 1. The number of aromatic nitrogens is 2. The zero-order valence-corrected chi connectivity index (χ0v) is 12.4. The Hall–Kier alpha value is -1.52. The Morgan fingerprint density at radius 1 is 1.40 bits per heavy atom. The maximum Gasteiger partial charge on any atom is 0.123 e. The van der Waals surface area contributed by atoms with Crippen molar-refractivity contribution in [3.8, 4) is 5.75 Å². The summed E-state index contributed by atoms with van der Waals surface area (Å²) in [5.74, 6) is 0.887. The second-order valence-corrected chi connectivity index (χ2v) is 5.01. The molecule has 0 atom stereocenters. The normalized spacial score (nSPS) is 10.7. The highest BCUT2D eigenvalue weighted by molar-refractivity contribution is 6.30. The van der Waals surface area contributed by atoms with Crippen molar-refractivity contribution in [3.63, 3.8) is 0 Å². The van der Waals surface area contributed by atoms with Gasteiger partial charge in [-0.3, -0.25) is 0 Å². The number of nitrogens with zero attached hydrogens (tertiary/aromatic N) is 2. The highest BCUT2D eigenvalue weighted by Gasteiger charge is 2.04. The van der Waals surface area contributed by atoms with Gasteiger partial charge in [0.05, 0.1) is 12.9 Å². The molecular formula is C15H20ClN3O. The van der Waals surface area contributed by atoms with Crippen molar-refractivity contribution in [3.05, 3.63) is 47.5 Å². The molecule has 1 heterocycles. The van der Waals surface area contributed by atoms with Crippen LogP contribution in [0.15, 0.2) is 36.9 Å². The van der Waals surface area contributed by atoms with Gasteiger partial charge in [-0.1, -0.05) is 18.5 Å². The van der Waals surface area contributed by atoms with Gasteiger partial charge in [0.15, 0.2) is 0 Å². The quantitative estimate of drug-likeness (QED) is 0.760. The van der Waals surface area contributed by atoms with Crippen LogP contribution in [-0.4, -0.2) is 22.7 Å². The van der Waals surface area contributed by atoms with E-state index in [4.69, 9.17) is 16.3 Å². The van der Waals surface area contributed by atoms with Crippen molar-refractivity contribution in [2.75, 3.05) is 13.2 Å². The van der Waals surface area contributed by atoms with Crippen LogP contribution in [-0.2, 0) is 13.1 Å². The van der Waals surface area contributed by atoms with Gasteiger partial charge >= 0.3 is 0 Å². The fourth-order valence-corrected chi connectivity index (χ4v) is 2.10. The van der Waals surface area contributed by atoms with Crippen LogP contribution in [0.25, 0.3) is 0 Å². The Kier molecular flexibility index (Phi) is 5.89. The van der Waals surface area contributed by atoms with Gasteiger partial charge in [-0.05, 0) is 31.2 Å². The van der Waals surface area contributed by atoms with Crippen LogP contribution in [0.1, 0.15) is 18.9 Å². The van der Waals surface area contributed by atoms with Crippen molar-refractivity contribution >= 4 is 11.6 Å². The summed E-state index contributed by atoms with van der Waals surface area (Å²) < 4.78 is 7.84. The van der Waals surface area contributed by atoms with Crippen LogP contribution in [0, 0.1) is 0 Å². The van der Waals surface area contributed by atoms with E-state index < -0.39 is 0 Å². The SMILES string of the molecule is CCCNCc1cc(Cl)ccc1OCCn1ccnc1. The molecule has 0 aliphatic rings. The lowest BCUT2D eigenvalue weighted by Gasteiger charge is -2.13. The van der Waals surface area contributed by atoms with Crippen molar-refractivity contribution in [1.82, 2.24) is 14.9 Å². The van der Waals surface area contributed by atoms with E-state index in [9.17, 15) is 0 Å². The molecule has 1 aromatic carbocycles. The van der Waals surface area contributed by atoms with E-state index in [1.54, 1.807) is 12.5 Å². The lowest BCUT2D eigenvalue weighted by Crippen LogP contribution is -2.15. The molecule has 0 aliphatic carbocycles. The van der Waals surface area contributed by atoms with Crippen LogP contribution in [0.2, 0.25) is 5.02 Å². The van der Waals surface area contributed by atoms with E-state index in [1.165, 1.54) is 0 Å². The van der Waals surface area contributed by atoms with Gasteiger partial charge in [-0.2, -0.15) is 0 Å². The van der Waals surface area contributed by atoms with Gasteiger partial charge in [0.2, 0.25) is 0 Å². The van der Waals surface area contributed by atoms with Gasteiger partial charge in [0.1, 0.15) is 12.4 Å². The zero-order chi connectivity index (χ0) is 14.2. The predicted molar refractivity (Wildman–Crippen MR) is 81.2 cm³/mol. The predicted octanol–water partition coefficient (Wildman–Crippen LogP) is 3.12. The second-order valence-electron chi connectivity index (χ2n) is 4.58. The highest BCUT2D eigenvalue weighted by Crippen LogP contribution is 2.23. The van der Waals surface area contributed by atoms with Crippen LogP contribution in [0.3, 0.4) is 0 Å². The summed E-state index contributed by atoms with van der Waals surface area (Å²) in [6.07, 6.45) is 6.59. The van der Waals surface area contributed by atoms with E-state index in [-0.39, 0.29) is 0 Å². The molecule has 2 rings (SSSR count). The maximum atomic E-state index is 6.05. The van der Waals surface area contributed by atoms with Crippen LogP contribution in [0.4, 0.5) is 0 Å². The molecule has 0 saturated heterocycles. The first kappa shape index (κ1) is 14.9. The van der Waals surface area contributed by atoms with E-state index in [1.807, 2.05) is 29.0 Å². The summed E-state index contributed by atoms with van der Waals surface area (Å²) in [6.45, 7) is 5.30. The van der Waals surface area contributed by atoms with Crippen molar-refractivity contribution < 1.29 is 4.74 Å². The fourth-order valence-electron chi connectivity index (χ4n) is 1.91. The van der Waals surface area contributed by atoms with E-state index >= 15 is 0 Å². The summed E-state index contributed by atoms with van der Waals surface area (Å²) in [6, 6.07) is 5.74. The number of hydrogen-bond acceptors (Lipinski definition) is 3. The molecule has 0 bridgehead atoms. The molecule has 0 radical (unpaired) electrons. The molecule has 0 aliphatic heterocycles. The number of benzene rings is 1. The monoisotopic (exact) mass is 293 g/mol. The number of nitrogens with one attached hydrogen (secondary N) is 1. The fraction of sp³-hybridized carbons (Fsp3) is 0.400. The molecule has 0 saturated carbocycles. The molecule has 5 heteroatoms. The number of halogens is 1. The molecule has 1 aromatic heterocycles. The third-order valence-electron chi connectivity index (χ3n) is 2.93. The summed E-state index contributed by atoms with van der Waals surface area (Å²) in [5.41, 5.74) is 1.09. The molecule has 0 spiro atoms. The van der Waals surface area contributed by atoms with Gasteiger partial charge in [0.25, 0.3) is 0 Å². The van der Waals surface area contributed by atoms with Crippen LogP contribution < -0.4 is 10.1 Å². The summed E-state index contributed by atoms with van der Waals surface area (Å²) in [5, 5.41) is 4.11. The Morgan fingerprint density at radius 3 is 3.05 bits per heavy atom. The van der Waals surface area contributed by atoms with Crippen LogP contribution >= 0.6 is 11.6 Å². The van der Waals surface area contributed by atoms with E-state index in [2.05, 4.69) is 17.2 Å². The molecular weight excluding hydrogens is 274 g/mol. The molecule has 2 aromatic rings. The minimum atomic E-state index is 0.610. The van der Waals surface area contributed by atoms with Crippen LogP contribution in [0.5, 0.6) is 5.75 Å². The summed E-state index contributed by atoms with van der Waals surface area (Å²) in [7, 11) is 0. The number of rotatable bonds is 8. The Bertz CT molecular complexity index is 514. The Labute approximate surface area is 124 Å². The van der Waals surface area contributed by atoms with Crippen molar-refractivity contribution in [2.24, 2.45) is 0 Å². The summed E-state index contributed by atoms with van der Waals surface area (Å²) in [4.78, 5) is 4.01. The minimum Gasteiger partial charge on any atom is -0.491 e. The second kappa shape index (κ2) is 7.92. The average Bonchev–Trinajstić information content (AvgIpc) is 2.95. The highest BCUT2D eigenvalue weighted by atomic mass is 35.5. The third kappa shape index (κ3) is 4.54. The topological polar surface area (TPSA) is 39.1 Å². The largest absolute Gasteiger partial charge is 0.491 e. The first-order chi connectivity index (χ1) is 9.79. The standard InChI is InChI=1S/C15H20ClN3O/c1-2-5-17-11-13-10-14(16)3-4-15(13)20-9-8-19-7-6-18-12-19/h3-4,6-7,10,12,17H,2,5,8-9,11H2,1H3. The number of imidazole rings is 1. The maximum absolute atomic E-state index is 6.05. The van der Waals surface area contributed by atoms with Gasteiger partial charge in [-0.25, -0.2) is 4.98 Å². The number of ether oxygens (including phenoxy) is 1. The first-order valence-corrected chi connectivity index (χ1v) is 7.25. The lowest BCUT2D eigenvalue weighted by atomic mass is 10.2. The molecule has 0 fully saturated rings. The average molecular weight is 294 g/mol. The molecule has 4 nitrogen and oxygen atoms in total. The lowest BCUT2D eigenvalue weighted by molar-refractivity contribution is 0.294. The third-order valence-corrected chi connectivity index (χ3v) is 3.17. The molecule has 0 amide bonds. The van der Waals surface area contributed by atoms with Gasteiger partial charge in [0, 0.05) is 29.5 Å². The van der Waals surface area contributed by atoms with E-state index in [0.29, 0.717) is 6.61 Å². The Balaban J connectivity index is 1.91. The van der Waals surface area contributed by atoms with Gasteiger partial charge in [-0.15, -0.1) is 0 Å². The first-order valence-electron chi connectivity index (χ1n) is 6.87. The van der Waals surface area contributed by atoms with Gasteiger partial charge < -0.3 is 14.6 Å². The summed E-state index contributed by atoms with van der Waals surface area (Å²) >= 11 is 6.05. The van der Waals surface area contributed by atoms with Crippen molar-refractivity contribution in [2.45, 2.75) is 26.4 Å². The smallest absolute Gasteiger partial charge is 0.123 e. The molecule has 20 heavy (non-hydrogen) atoms.